The van der Waals surface area contributed by atoms with Crippen LogP contribution < -0.4 is 0 Å². The number of nitrogens with zero attached hydrogens (tertiary/aromatic N) is 2. The van der Waals surface area contributed by atoms with Gasteiger partial charge in [-0.3, -0.25) is 9.69 Å². The van der Waals surface area contributed by atoms with Gasteiger partial charge >= 0.3 is 0 Å². The third kappa shape index (κ3) is 4.36. The van der Waals surface area contributed by atoms with Gasteiger partial charge in [0.05, 0.1) is 6.61 Å². The fourth-order valence-electron chi connectivity index (χ4n) is 4.18. The molecule has 1 amide bonds. The topological polar surface area (TPSA) is 32.8 Å². The first-order chi connectivity index (χ1) is 12.0. The quantitative estimate of drug-likeness (QED) is 0.817. The van der Waals surface area contributed by atoms with E-state index in [0.717, 1.165) is 44.5 Å². The van der Waals surface area contributed by atoms with E-state index in [1.165, 1.54) is 12.1 Å². The Morgan fingerprint density at radius 3 is 2.80 bits per heavy atom. The van der Waals surface area contributed by atoms with Crippen LogP contribution in [-0.4, -0.2) is 55.6 Å². The van der Waals surface area contributed by atoms with Gasteiger partial charge in [-0.1, -0.05) is 6.07 Å². The molecule has 1 spiro atoms. The monoisotopic (exact) mass is 352 g/mol. The lowest BCUT2D eigenvalue weighted by molar-refractivity contribution is -0.140. The molecule has 0 radical (unpaired) electrons. The highest BCUT2D eigenvalue weighted by Crippen LogP contribution is 2.39. The van der Waals surface area contributed by atoms with Crippen LogP contribution in [0.1, 0.15) is 31.2 Å². The number of carbonyl (C=O) groups is 1. The number of hydrogen-bond acceptors (Lipinski definition) is 3. The fourth-order valence-corrected chi connectivity index (χ4v) is 4.18. The molecule has 0 N–H and O–H groups in total. The normalized spacial score (nSPS) is 24.9. The Bertz CT molecular complexity index is 625. The van der Waals surface area contributed by atoms with Crippen molar-refractivity contribution in [3.8, 4) is 0 Å². The molecule has 0 saturated carbocycles. The summed E-state index contributed by atoms with van der Waals surface area (Å²) in [5, 5.41) is 0. The molecule has 138 valence electrons. The predicted octanol–water partition coefficient (Wildman–Crippen LogP) is 2.82. The summed E-state index contributed by atoms with van der Waals surface area (Å²) in [5.74, 6) is -1.39. The number of hydrogen-bond donors (Lipinski definition) is 0. The predicted molar refractivity (Wildman–Crippen MR) is 91.0 cm³/mol. The number of ether oxygens (including phenoxy) is 1. The molecule has 0 aliphatic carbocycles. The van der Waals surface area contributed by atoms with Gasteiger partial charge in [-0.2, -0.15) is 0 Å². The second-order valence-corrected chi connectivity index (χ2v) is 7.37. The first-order valence-electron chi connectivity index (χ1n) is 8.94. The van der Waals surface area contributed by atoms with Crippen molar-refractivity contribution < 1.29 is 18.3 Å². The third-order valence-electron chi connectivity index (χ3n) is 5.44. The molecule has 6 heteroatoms. The van der Waals surface area contributed by atoms with E-state index in [1.54, 1.807) is 13.2 Å². The Morgan fingerprint density at radius 2 is 2.04 bits per heavy atom. The number of halogens is 2. The molecule has 2 aliphatic rings. The number of carbonyl (C=O) groups excluding carboxylic acids is 1. The van der Waals surface area contributed by atoms with E-state index in [2.05, 4.69) is 4.90 Å². The number of piperidine rings is 2. The van der Waals surface area contributed by atoms with E-state index >= 15 is 0 Å². The van der Waals surface area contributed by atoms with Gasteiger partial charge in [0.25, 0.3) is 0 Å². The maximum Gasteiger partial charge on any atom is 0.222 e. The van der Waals surface area contributed by atoms with E-state index in [-0.39, 0.29) is 11.3 Å². The number of amides is 1. The summed E-state index contributed by atoms with van der Waals surface area (Å²) in [6, 6.07) is 4.12. The number of benzene rings is 1. The second-order valence-electron chi connectivity index (χ2n) is 7.37. The van der Waals surface area contributed by atoms with Crippen LogP contribution in [-0.2, 0) is 16.1 Å². The molecule has 25 heavy (non-hydrogen) atoms. The lowest BCUT2D eigenvalue weighted by Gasteiger charge is -2.48. The number of likely N-dealkylation sites (tertiary alicyclic amines) is 2. The van der Waals surface area contributed by atoms with Crippen LogP contribution in [0.4, 0.5) is 8.78 Å². The average Bonchev–Trinajstić information content (AvgIpc) is 2.59. The highest BCUT2D eigenvalue weighted by Gasteiger charge is 2.41. The zero-order valence-corrected chi connectivity index (χ0v) is 14.8. The maximum atomic E-state index is 13.4. The van der Waals surface area contributed by atoms with Crippen molar-refractivity contribution in [1.29, 1.82) is 0 Å². The molecular formula is C19H26F2N2O2. The first kappa shape index (κ1) is 18.3. The zero-order chi connectivity index (χ0) is 17.9. The van der Waals surface area contributed by atoms with Gasteiger partial charge in [0.15, 0.2) is 11.6 Å². The Morgan fingerprint density at radius 1 is 1.20 bits per heavy atom. The summed E-state index contributed by atoms with van der Waals surface area (Å²) < 4.78 is 31.7. The summed E-state index contributed by atoms with van der Waals surface area (Å²) in [7, 11) is 1.65. The summed E-state index contributed by atoms with van der Waals surface area (Å²) in [6.45, 7) is 4.42. The maximum absolute atomic E-state index is 13.4. The minimum absolute atomic E-state index is 0.110. The lowest BCUT2D eigenvalue weighted by atomic mass is 9.73. The van der Waals surface area contributed by atoms with Crippen LogP contribution in [0.2, 0.25) is 0 Å². The van der Waals surface area contributed by atoms with Crippen LogP contribution in [0.5, 0.6) is 0 Å². The van der Waals surface area contributed by atoms with Gasteiger partial charge in [0.1, 0.15) is 0 Å². The molecule has 1 atom stereocenters. The molecule has 0 aromatic heterocycles. The summed E-state index contributed by atoms with van der Waals surface area (Å²) in [6.07, 6.45) is 3.67. The Kier molecular flexibility index (Phi) is 5.69. The van der Waals surface area contributed by atoms with E-state index in [0.29, 0.717) is 26.1 Å². The molecule has 1 aromatic rings. The first-order valence-corrected chi connectivity index (χ1v) is 8.94. The largest absolute Gasteiger partial charge is 0.383 e. The van der Waals surface area contributed by atoms with E-state index in [1.807, 2.05) is 4.90 Å². The smallest absolute Gasteiger partial charge is 0.222 e. The Labute approximate surface area is 147 Å². The standard InChI is InChI=1S/C19H26F2N2O2/c1-25-10-9-23-14-19(7-5-18(23)24)6-2-8-22(13-19)12-15-3-4-16(20)17(21)11-15/h3-4,11H,2,5-10,12-14H2,1H3/t19-/m0/s1. The van der Waals surface area contributed by atoms with Gasteiger partial charge in [-0.05, 0) is 43.5 Å². The molecule has 2 fully saturated rings. The van der Waals surface area contributed by atoms with Crippen molar-refractivity contribution >= 4 is 5.91 Å². The van der Waals surface area contributed by atoms with Crippen LogP contribution in [0, 0.1) is 17.0 Å². The number of rotatable bonds is 5. The molecule has 2 saturated heterocycles. The van der Waals surface area contributed by atoms with E-state index < -0.39 is 11.6 Å². The van der Waals surface area contributed by atoms with Crippen molar-refractivity contribution in [2.24, 2.45) is 5.41 Å². The van der Waals surface area contributed by atoms with E-state index in [4.69, 9.17) is 4.74 Å². The fraction of sp³-hybridized carbons (Fsp3) is 0.632. The number of methoxy groups -OCH3 is 1. The lowest BCUT2D eigenvalue weighted by Crippen LogP contribution is -2.54. The van der Waals surface area contributed by atoms with Crippen LogP contribution in [0.25, 0.3) is 0 Å². The van der Waals surface area contributed by atoms with Crippen LogP contribution in [0.3, 0.4) is 0 Å². The van der Waals surface area contributed by atoms with Gasteiger partial charge in [-0.15, -0.1) is 0 Å². The van der Waals surface area contributed by atoms with Gasteiger partial charge in [0.2, 0.25) is 5.91 Å². The third-order valence-corrected chi connectivity index (χ3v) is 5.44. The van der Waals surface area contributed by atoms with Gasteiger partial charge in [-0.25, -0.2) is 8.78 Å². The molecule has 2 heterocycles. The minimum atomic E-state index is -0.807. The van der Waals surface area contributed by atoms with Gasteiger partial charge < -0.3 is 9.64 Å². The second kappa shape index (κ2) is 7.79. The van der Waals surface area contributed by atoms with Crippen LogP contribution >= 0.6 is 0 Å². The van der Waals surface area contributed by atoms with Crippen molar-refractivity contribution in [2.75, 3.05) is 39.9 Å². The summed E-state index contributed by atoms with van der Waals surface area (Å²) >= 11 is 0. The van der Waals surface area contributed by atoms with Crippen molar-refractivity contribution in [3.63, 3.8) is 0 Å². The van der Waals surface area contributed by atoms with Crippen molar-refractivity contribution in [2.45, 2.75) is 32.2 Å². The van der Waals surface area contributed by atoms with Gasteiger partial charge in [0, 0.05) is 45.1 Å². The molecule has 1 aromatic carbocycles. The SMILES string of the molecule is COCCN1C[C@@]2(CCCN(Cc3ccc(F)c(F)c3)C2)CCC1=O. The summed E-state index contributed by atoms with van der Waals surface area (Å²) in [5.41, 5.74) is 0.900. The Balaban J connectivity index is 1.65. The molecule has 0 bridgehead atoms. The van der Waals surface area contributed by atoms with Crippen molar-refractivity contribution in [3.05, 3.63) is 35.4 Å². The highest BCUT2D eigenvalue weighted by atomic mass is 19.2. The Hall–Kier alpha value is -1.53. The molecule has 3 rings (SSSR count). The molecule has 4 nitrogen and oxygen atoms in total. The molecule has 2 aliphatic heterocycles. The minimum Gasteiger partial charge on any atom is -0.383 e. The van der Waals surface area contributed by atoms with E-state index in [9.17, 15) is 13.6 Å². The molecule has 0 unspecified atom stereocenters. The van der Waals surface area contributed by atoms with Crippen LogP contribution in [0.15, 0.2) is 18.2 Å². The van der Waals surface area contributed by atoms with Crippen molar-refractivity contribution in [1.82, 2.24) is 9.80 Å². The highest BCUT2D eigenvalue weighted by molar-refractivity contribution is 5.77. The average molecular weight is 352 g/mol. The molecular weight excluding hydrogens is 326 g/mol. The zero-order valence-electron chi connectivity index (χ0n) is 14.8. The summed E-state index contributed by atoms with van der Waals surface area (Å²) in [4.78, 5) is 16.4.